The number of likely N-dealkylation sites (N-methyl/N-ethyl adjacent to an activating group) is 1. The van der Waals surface area contributed by atoms with Crippen LogP contribution in [0.5, 0.6) is 5.75 Å². The van der Waals surface area contributed by atoms with Gasteiger partial charge < -0.3 is 14.8 Å². The minimum Gasteiger partial charge on any atom is -0.492 e. The Kier molecular flexibility index (Phi) is 7.96. The van der Waals surface area contributed by atoms with E-state index in [0.717, 1.165) is 14.4 Å². The molecule has 8 nitrogen and oxygen atoms in total. The quantitative estimate of drug-likeness (QED) is 0.428. The van der Waals surface area contributed by atoms with E-state index >= 15 is 0 Å². The lowest BCUT2D eigenvalue weighted by Crippen LogP contribution is -2.37. The van der Waals surface area contributed by atoms with Crippen molar-refractivity contribution in [2.75, 3.05) is 32.1 Å². The zero-order valence-corrected chi connectivity index (χ0v) is 20.6. The Bertz CT molecular complexity index is 1290. The maximum absolute atomic E-state index is 13.0. The van der Waals surface area contributed by atoms with Crippen LogP contribution >= 0.6 is 22.9 Å². The van der Waals surface area contributed by atoms with Crippen molar-refractivity contribution < 1.29 is 27.5 Å². The fourth-order valence-corrected chi connectivity index (χ4v) is 5.81. The van der Waals surface area contributed by atoms with Crippen LogP contribution in [0.4, 0.5) is 5.69 Å². The molecule has 2 aromatic carbocycles. The first-order valence-corrected chi connectivity index (χ1v) is 12.7. The number of ether oxygens (including phenoxy) is 2. The number of nitrogens with one attached hydrogen (secondary N) is 1. The number of halogens is 1. The second-order valence-corrected chi connectivity index (χ2v) is 10.3. The summed E-state index contributed by atoms with van der Waals surface area (Å²) in [4.78, 5) is 24.8. The Balaban J connectivity index is 1.75. The van der Waals surface area contributed by atoms with Crippen molar-refractivity contribution >= 4 is 60.6 Å². The molecule has 0 fully saturated rings. The molecule has 1 heterocycles. The molecule has 33 heavy (non-hydrogen) atoms. The molecule has 1 aromatic heterocycles. The van der Waals surface area contributed by atoms with Crippen LogP contribution in [0.15, 0.2) is 47.4 Å². The number of fused-ring (bicyclic) bond motifs is 1. The Morgan fingerprint density at radius 2 is 1.88 bits per heavy atom. The highest BCUT2D eigenvalue weighted by Crippen LogP contribution is 2.30. The topological polar surface area (TPSA) is 102 Å². The molecular formula is C22H23ClN2O6S2. The normalized spacial score (nSPS) is 11.5. The van der Waals surface area contributed by atoms with Gasteiger partial charge in [0.1, 0.15) is 10.6 Å². The molecule has 0 radical (unpaired) electrons. The van der Waals surface area contributed by atoms with Gasteiger partial charge in [-0.3, -0.25) is 4.79 Å². The van der Waals surface area contributed by atoms with Crippen LogP contribution in [0.25, 0.3) is 10.1 Å². The molecule has 0 aliphatic rings. The summed E-state index contributed by atoms with van der Waals surface area (Å²) in [6.45, 7) is 3.55. The summed E-state index contributed by atoms with van der Waals surface area (Å²) in [6.07, 6.45) is 0. The van der Waals surface area contributed by atoms with E-state index in [-0.39, 0.29) is 23.0 Å². The molecule has 1 N–H and O–H groups in total. The highest BCUT2D eigenvalue weighted by Gasteiger charge is 2.26. The van der Waals surface area contributed by atoms with Crippen LogP contribution < -0.4 is 10.1 Å². The summed E-state index contributed by atoms with van der Waals surface area (Å²) in [6, 6.07) is 11.1. The Morgan fingerprint density at radius 3 is 2.52 bits per heavy atom. The molecular weight excluding hydrogens is 488 g/mol. The van der Waals surface area contributed by atoms with E-state index in [4.69, 9.17) is 21.1 Å². The fourth-order valence-electron chi connectivity index (χ4n) is 3.11. The van der Waals surface area contributed by atoms with E-state index in [1.165, 1.54) is 36.6 Å². The Hall–Kier alpha value is -2.66. The number of thiophene rings is 1. The molecule has 1 amide bonds. The standard InChI is InChI=1S/C22H23ClN2O6S2/c1-4-25(33(28,29)16-7-8-18(31-5-2)17(23)12-16)13-21(26)24-15-6-9-19-14(10-15)11-20(32-19)22(27)30-3/h6-12H,4-5,13H2,1-3H3,(H,24,26). The highest BCUT2D eigenvalue weighted by molar-refractivity contribution is 7.89. The minimum atomic E-state index is -3.95. The van der Waals surface area contributed by atoms with Crippen molar-refractivity contribution in [1.82, 2.24) is 4.31 Å². The molecule has 0 aliphatic carbocycles. The first kappa shape index (κ1) is 25.0. The van der Waals surface area contributed by atoms with Gasteiger partial charge in [-0.2, -0.15) is 4.31 Å². The summed E-state index contributed by atoms with van der Waals surface area (Å²) >= 11 is 7.42. The smallest absolute Gasteiger partial charge is 0.348 e. The van der Waals surface area contributed by atoms with Crippen LogP contribution in [0, 0.1) is 0 Å². The summed E-state index contributed by atoms with van der Waals surface area (Å²) in [7, 11) is -2.64. The molecule has 3 aromatic rings. The van der Waals surface area contributed by atoms with E-state index in [2.05, 4.69) is 5.32 Å². The molecule has 0 aliphatic heterocycles. The maximum atomic E-state index is 13.0. The molecule has 0 saturated heterocycles. The summed E-state index contributed by atoms with van der Waals surface area (Å²) in [5.74, 6) is -0.543. The van der Waals surface area contributed by atoms with Gasteiger partial charge in [0, 0.05) is 16.9 Å². The lowest BCUT2D eigenvalue weighted by Gasteiger charge is -2.20. The van der Waals surface area contributed by atoms with Crippen molar-refractivity contribution in [2.45, 2.75) is 18.7 Å². The van der Waals surface area contributed by atoms with Gasteiger partial charge in [-0.1, -0.05) is 18.5 Å². The van der Waals surface area contributed by atoms with Gasteiger partial charge in [-0.25, -0.2) is 13.2 Å². The van der Waals surface area contributed by atoms with Crippen molar-refractivity contribution in [1.29, 1.82) is 0 Å². The van der Waals surface area contributed by atoms with Crippen LogP contribution in [-0.4, -0.2) is 51.4 Å². The third-order valence-electron chi connectivity index (χ3n) is 4.70. The van der Waals surface area contributed by atoms with Gasteiger partial charge in [0.2, 0.25) is 15.9 Å². The SMILES string of the molecule is CCOc1ccc(S(=O)(=O)N(CC)CC(=O)Nc2ccc3sc(C(=O)OC)cc3c2)cc1Cl. The number of benzene rings is 2. The molecule has 0 unspecified atom stereocenters. The Labute approximate surface area is 201 Å². The van der Waals surface area contributed by atoms with Crippen LogP contribution in [-0.2, 0) is 19.6 Å². The van der Waals surface area contributed by atoms with E-state index in [0.29, 0.717) is 22.9 Å². The molecule has 176 valence electrons. The zero-order valence-electron chi connectivity index (χ0n) is 18.3. The number of nitrogens with zero attached hydrogens (tertiary/aromatic N) is 1. The number of methoxy groups -OCH3 is 1. The third-order valence-corrected chi connectivity index (χ3v) is 8.01. The number of hydrogen-bond acceptors (Lipinski definition) is 7. The van der Waals surface area contributed by atoms with Gasteiger partial charge >= 0.3 is 5.97 Å². The second-order valence-electron chi connectivity index (χ2n) is 6.86. The van der Waals surface area contributed by atoms with E-state index in [9.17, 15) is 18.0 Å². The van der Waals surface area contributed by atoms with Crippen molar-refractivity contribution in [3.63, 3.8) is 0 Å². The van der Waals surface area contributed by atoms with Gasteiger partial charge in [0.15, 0.2) is 0 Å². The lowest BCUT2D eigenvalue weighted by molar-refractivity contribution is -0.116. The monoisotopic (exact) mass is 510 g/mol. The molecule has 0 saturated carbocycles. The number of hydrogen-bond donors (Lipinski definition) is 1. The number of rotatable bonds is 9. The number of amides is 1. The number of carbonyl (C=O) groups excluding carboxylic acids is 2. The summed E-state index contributed by atoms with van der Waals surface area (Å²) in [5.41, 5.74) is 0.485. The van der Waals surface area contributed by atoms with Gasteiger partial charge in [-0.15, -0.1) is 11.3 Å². The first-order chi connectivity index (χ1) is 15.7. The van der Waals surface area contributed by atoms with Gasteiger partial charge in [-0.05, 0) is 54.8 Å². The van der Waals surface area contributed by atoms with E-state index in [1.807, 2.05) is 0 Å². The van der Waals surface area contributed by atoms with E-state index < -0.39 is 21.9 Å². The first-order valence-electron chi connectivity index (χ1n) is 10.0. The maximum Gasteiger partial charge on any atom is 0.348 e. The van der Waals surface area contributed by atoms with Crippen molar-refractivity contribution in [2.24, 2.45) is 0 Å². The van der Waals surface area contributed by atoms with Crippen LogP contribution in [0.3, 0.4) is 0 Å². The number of anilines is 1. The summed E-state index contributed by atoms with van der Waals surface area (Å²) < 4.78 is 38.1. The van der Waals surface area contributed by atoms with E-state index in [1.54, 1.807) is 38.1 Å². The largest absolute Gasteiger partial charge is 0.492 e. The molecule has 3 rings (SSSR count). The predicted octanol–water partition coefficient (Wildman–Crippen LogP) is 4.39. The number of esters is 1. The minimum absolute atomic E-state index is 0.0272. The van der Waals surface area contributed by atoms with Crippen molar-refractivity contribution in [3.05, 3.63) is 52.4 Å². The molecule has 11 heteroatoms. The van der Waals surface area contributed by atoms with Gasteiger partial charge in [0.05, 0.1) is 30.2 Å². The lowest BCUT2D eigenvalue weighted by atomic mass is 10.2. The summed E-state index contributed by atoms with van der Waals surface area (Å²) in [5, 5.41) is 3.65. The zero-order chi connectivity index (χ0) is 24.2. The molecule has 0 bridgehead atoms. The van der Waals surface area contributed by atoms with Gasteiger partial charge in [0.25, 0.3) is 0 Å². The fraction of sp³-hybridized carbons (Fsp3) is 0.273. The highest BCUT2D eigenvalue weighted by atomic mass is 35.5. The average molecular weight is 511 g/mol. The third kappa shape index (κ3) is 5.64. The van der Waals surface area contributed by atoms with Crippen molar-refractivity contribution in [3.8, 4) is 5.75 Å². The molecule has 0 spiro atoms. The second kappa shape index (κ2) is 10.5. The van der Waals surface area contributed by atoms with Crippen LogP contribution in [0.2, 0.25) is 5.02 Å². The number of carbonyl (C=O) groups is 2. The number of sulfonamides is 1. The predicted molar refractivity (Wildman–Crippen MR) is 129 cm³/mol. The molecule has 0 atom stereocenters. The average Bonchev–Trinajstić information content (AvgIpc) is 3.21. The Morgan fingerprint density at radius 1 is 1.12 bits per heavy atom. The van der Waals surface area contributed by atoms with Crippen LogP contribution in [0.1, 0.15) is 23.5 Å².